The van der Waals surface area contributed by atoms with E-state index in [2.05, 4.69) is 25.9 Å². The molecular formula is C16H15N5O. The van der Waals surface area contributed by atoms with Gasteiger partial charge in [-0.2, -0.15) is 5.21 Å². The van der Waals surface area contributed by atoms with E-state index in [-0.39, 0.29) is 5.91 Å². The van der Waals surface area contributed by atoms with E-state index in [0.29, 0.717) is 17.1 Å². The molecule has 0 unspecified atom stereocenters. The van der Waals surface area contributed by atoms with E-state index in [0.717, 1.165) is 16.7 Å². The highest BCUT2D eigenvalue weighted by Crippen LogP contribution is 2.19. The number of nitrogens with one attached hydrogen (secondary N) is 2. The first-order valence-corrected chi connectivity index (χ1v) is 6.86. The first kappa shape index (κ1) is 13.9. The maximum absolute atomic E-state index is 12.3. The number of aryl methyl sites for hydroxylation is 2. The molecule has 0 saturated carbocycles. The third kappa shape index (κ3) is 2.85. The van der Waals surface area contributed by atoms with Gasteiger partial charge in [-0.05, 0) is 54.5 Å². The van der Waals surface area contributed by atoms with Crippen LogP contribution in [0.3, 0.4) is 0 Å². The van der Waals surface area contributed by atoms with Crippen molar-refractivity contribution in [2.24, 2.45) is 0 Å². The van der Waals surface area contributed by atoms with Gasteiger partial charge in [-0.3, -0.25) is 4.79 Å². The Morgan fingerprint density at radius 3 is 2.68 bits per heavy atom. The van der Waals surface area contributed by atoms with Crippen LogP contribution in [0.25, 0.3) is 11.4 Å². The van der Waals surface area contributed by atoms with Crippen LogP contribution in [0, 0.1) is 13.8 Å². The maximum atomic E-state index is 12.3. The molecule has 110 valence electrons. The molecule has 0 saturated heterocycles. The highest BCUT2D eigenvalue weighted by Gasteiger charge is 2.09. The Bertz CT molecular complexity index is 811. The number of aromatic nitrogens is 4. The third-order valence-electron chi connectivity index (χ3n) is 3.49. The van der Waals surface area contributed by atoms with Crippen LogP contribution in [0.5, 0.6) is 0 Å². The van der Waals surface area contributed by atoms with Crippen LogP contribution in [0.15, 0.2) is 42.5 Å². The molecule has 2 N–H and O–H groups in total. The minimum Gasteiger partial charge on any atom is -0.322 e. The minimum atomic E-state index is -0.145. The van der Waals surface area contributed by atoms with Gasteiger partial charge in [0, 0.05) is 16.8 Å². The maximum Gasteiger partial charge on any atom is 0.255 e. The Morgan fingerprint density at radius 2 is 1.95 bits per heavy atom. The van der Waals surface area contributed by atoms with Gasteiger partial charge >= 0.3 is 0 Å². The molecule has 0 fully saturated rings. The average molecular weight is 293 g/mol. The molecule has 22 heavy (non-hydrogen) atoms. The summed E-state index contributed by atoms with van der Waals surface area (Å²) >= 11 is 0. The zero-order chi connectivity index (χ0) is 15.5. The summed E-state index contributed by atoms with van der Waals surface area (Å²) in [6.07, 6.45) is 0. The van der Waals surface area contributed by atoms with E-state index in [4.69, 9.17) is 0 Å². The molecule has 6 nitrogen and oxygen atoms in total. The van der Waals surface area contributed by atoms with Crippen LogP contribution in [-0.2, 0) is 0 Å². The molecule has 0 radical (unpaired) electrons. The lowest BCUT2D eigenvalue weighted by Gasteiger charge is -2.08. The molecule has 0 aliphatic heterocycles. The van der Waals surface area contributed by atoms with E-state index in [1.165, 1.54) is 0 Å². The van der Waals surface area contributed by atoms with Gasteiger partial charge in [-0.25, -0.2) is 0 Å². The first-order chi connectivity index (χ1) is 10.6. The number of tetrazole rings is 1. The van der Waals surface area contributed by atoms with Gasteiger partial charge in [0.2, 0.25) is 5.82 Å². The molecule has 1 aromatic heterocycles. The van der Waals surface area contributed by atoms with Crippen LogP contribution in [0.4, 0.5) is 5.69 Å². The van der Waals surface area contributed by atoms with E-state index < -0.39 is 0 Å². The number of aromatic amines is 1. The molecule has 1 amide bonds. The van der Waals surface area contributed by atoms with Crippen molar-refractivity contribution in [1.29, 1.82) is 0 Å². The predicted molar refractivity (Wildman–Crippen MR) is 83.5 cm³/mol. The van der Waals surface area contributed by atoms with Crippen LogP contribution >= 0.6 is 0 Å². The summed E-state index contributed by atoms with van der Waals surface area (Å²) in [5, 5.41) is 16.7. The van der Waals surface area contributed by atoms with Crippen LogP contribution in [0.1, 0.15) is 21.5 Å². The fraction of sp³-hybridized carbons (Fsp3) is 0.125. The number of carbonyl (C=O) groups excluding carboxylic acids is 1. The van der Waals surface area contributed by atoms with Crippen LogP contribution in [-0.4, -0.2) is 26.5 Å². The number of anilines is 1. The van der Waals surface area contributed by atoms with E-state index in [1.807, 2.05) is 56.3 Å². The second-order valence-electron chi connectivity index (χ2n) is 5.07. The number of rotatable bonds is 3. The highest BCUT2D eigenvalue weighted by molar-refractivity contribution is 6.04. The van der Waals surface area contributed by atoms with Gasteiger partial charge < -0.3 is 5.32 Å². The first-order valence-electron chi connectivity index (χ1n) is 6.86. The van der Waals surface area contributed by atoms with Gasteiger partial charge in [0.15, 0.2) is 0 Å². The topological polar surface area (TPSA) is 83.6 Å². The van der Waals surface area contributed by atoms with Gasteiger partial charge in [-0.15, -0.1) is 10.2 Å². The molecule has 0 bridgehead atoms. The van der Waals surface area contributed by atoms with Gasteiger partial charge in [0.25, 0.3) is 5.91 Å². The van der Waals surface area contributed by atoms with Crippen molar-refractivity contribution in [2.45, 2.75) is 13.8 Å². The van der Waals surface area contributed by atoms with Crippen molar-refractivity contribution in [3.05, 3.63) is 59.2 Å². The highest BCUT2D eigenvalue weighted by atomic mass is 16.1. The number of nitrogens with zero attached hydrogens (tertiary/aromatic N) is 3. The summed E-state index contributed by atoms with van der Waals surface area (Å²) in [6, 6.07) is 13.0. The number of benzene rings is 2. The van der Waals surface area contributed by atoms with Crippen molar-refractivity contribution in [3.8, 4) is 11.4 Å². The number of amides is 1. The number of H-pyrrole nitrogens is 1. The summed E-state index contributed by atoms with van der Waals surface area (Å²) in [4.78, 5) is 12.3. The molecule has 0 aliphatic carbocycles. The third-order valence-corrected chi connectivity index (χ3v) is 3.49. The predicted octanol–water partition coefficient (Wildman–Crippen LogP) is 2.74. The number of hydrogen-bond donors (Lipinski definition) is 2. The largest absolute Gasteiger partial charge is 0.322 e. The summed E-state index contributed by atoms with van der Waals surface area (Å²) in [7, 11) is 0. The number of hydrogen-bond acceptors (Lipinski definition) is 4. The molecule has 0 aliphatic rings. The Kier molecular flexibility index (Phi) is 3.65. The van der Waals surface area contributed by atoms with E-state index in [9.17, 15) is 4.79 Å². The molecule has 2 aromatic carbocycles. The van der Waals surface area contributed by atoms with Gasteiger partial charge in [0.05, 0.1) is 0 Å². The smallest absolute Gasteiger partial charge is 0.255 e. The summed E-state index contributed by atoms with van der Waals surface area (Å²) in [6.45, 7) is 4.01. The quantitative estimate of drug-likeness (QED) is 0.777. The lowest BCUT2D eigenvalue weighted by atomic mass is 10.1. The molecule has 3 aromatic rings. The minimum absolute atomic E-state index is 0.145. The normalized spacial score (nSPS) is 10.5. The van der Waals surface area contributed by atoms with Crippen molar-refractivity contribution >= 4 is 11.6 Å². The molecule has 0 atom stereocenters. The molecule has 0 spiro atoms. The SMILES string of the molecule is Cc1ccc(C(=O)Nc2cccc(-c3nn[nH]n3)c2)cc1C. The zero-order valence-electron chi connectivity index (χ0n) is 12.3. The van der Waals surface area contributed by atoms with Crippen molar-refractivity contribution in [3.63, 3.8) is 0 Å². The molecule has 1 heterocycles. The Labute approximate surface area is 127 Å². The molecule has 6 heteroatoms. The summed E-state index contributed by atoms with van der Waals surface area (Å²) in [5.41, 5.74) is 4.36. The van der Waals surface area contributed by atoms with E-state index in [1.54, 1.807) is 0 Å². The monoisotopic (exact) mass is 293 g/mol. The van der Waals surface area contributed by atoms with Crippen molar-refractivity contribution in [2.75, 3.05) is 5.32 Å². The Morgan fingerprint density at radius 1 is 1.09 bits per heavy atom. The lowest BCUT2D eigenvalue weighted by molar-refractivity contribution is 0.102. The van der Waals surface area contributed by atoms with Gasteiger partial charge in [-0.1, -0.05) is 18.2 Å². The fourth-order valence-corrected chi connectivity index (χ4v) is 2.11. The second kappa shape index (κ2) is 5.77. The Balaban J connectivity index is 1.82. The average Bonchev–Trinajstić information content (AvgIpc) is 3.04. The second-order valence-corrected chi connectivity index (χ2v) is 5.07. The van der Waals surface area contributed by atoms with E-state index >= 15 is 0 Å². The van der Waals surface area contributed by atoms with Crippen molar-refractivity contribution < 1.29 is 4.79 Å². The Hall–Kier alpha value is -3.02. The molecular weight excluding hydrogens is 278 g/mol. The van der Waals surface area contributed by atoms with Crippen LogP contribution in [0.2, 0.25) is 0 Å². The fourth-order valence-electron chi connectivity index (χ4n) is 2.11. The number of carbonyl (C=O) groups is 1. The van der Waals surface area contributed by atoms with Crippen molar-refractivity contribution in [1.82, 2.24) is 20.6 Å². The summed E-state index contributed by atoms with van der Waals surface area (Å²) in [5.74, 6) is 0.343. The lowest BCUT2D eigenvalue weighted by Crippen LogP contribution is -2.12. The standard InChI is InChI=1S/C16H15N5O/c1-10-6-7-13(8-11(10)2)16(22)17-14-5-3-4-12(9-14)15-18-20-21-19-15/h3-9H,1-2H3,(H,17,22)(H,18,19,20,21). The van der Waals surface area contributed by atoms with Gasteiger partial charge in [0.1, 0.15) is 0 Å². The molecule has 3 rings (SSSR count). The summed E-state index contributed by atoms with van der Waals surface area (Å²) < 4.78 is 0. The van der Waals surface area contributed by atoms with Crippen LogP contribution < -0.4 is 5.32 Å². The zero-order valence-corrected chi connectivity index (χ0v) is 12.3.